The lowest BCUT2D eigenvalue weighted by atomic mass is 9.86. The van der Waals surface area contributed by atoms with Crippen molar-refractivity contribution < 1.29 is 9.18 Å². The molecule has 0 aliphatic carbocycles. The van der Waals surface area contributed by atoms with Crippen LogP contribution in [0.3, 0.4) is 0 Å². The van der Waals surface area contributed by atoms with E-state index in [-0.39, 0.29) is 29.6 Å². The van der Waals surface area contributed by atoms with Crippen molar-refractivity contribution >= 4 is 5.91 Å². The molecule has 1 amide bonds. The van der Waals surface area contributed by atoms with Crippen molar-refractivity contribution in [2.75, 3.05) is 6.54 Å². The Morgan fingerprint density at radius 1 is 1.39 bits per heavy atom. The number of amides is 1. The molecule has 100 valence electrons. The summed E-state index contributed by atoms with van der Waals surface area (Å²) in [7, 11) is 0. The summed E-state index contributed by atoms with van der Waals surface area (Å²) in [6.07, 6.45) is 0.0409. The van der Waals surface area contributed by atoms with Crippen LogP contribution in [0.2, 0.25) is 0 Å². The summed E-state index contributed by atoms with van der Waals surface area (Å²) < 4.78 is 13.4. The Labute approximate surface area is 108 Å². The molecule has 1 unspecified atom stereocenters. The summed E-state index contributed by atoms with van der Waals surface area (Å²) in [5.41, 5.74) is 5.93. The predicted molar refractivity (Wildman–Crippen MR) is 70.5 cm³/mol. The van der Waals surface area contributed by atoms with Crippen molar-refractivity contribution in [2.45, 2.75) is 33.2 Å². The summed E-state index contributed by atoms with van der Waals surface area (Å²) in [6.45, 7) is 6.39. The monoisotopic (exact) mass is 252 g/mol. The highest BCUT2D eigenvalue weighted by Gasteiger charge is 2.24. The fourth-order valence-corrected chi connectivity index (χ4v) is 1.69. The minimum atomic E-state index is -0.354. The van der Waals surface area contributed by atoms with Gasteiger partial charge in [-0.2, -0.15) is 0 Å². The Bertz CT molecular complexity index is 413. The van der Waals surface area contributed by atoms with E-state index in [4.69, 9.17) is 5.73 Å². The van der Waals surface area contributed by atoms with Crippen molar-refractivity contribution in [1.29, 1.82) is 0 Å². The zero-order valence-corrected chi connectivity index (χ0v) is 11.2. The predicted octanol–water partition coefficient (Wildman–Crippen LogP) is 1.86. The number of halogens is 1. The second kappa shape index (κ2) is 5.96. The molecule has 3 N–H and O–H groups in total. The van der Waals surface area contributed by atoms with Crippen LogP contribution in [0.25, 0.3) is 0 Å². The summed E-state index contributed by atoms with van der Waals surface area (Å²) in [6, 6.07) is 6.18. The van der Waals surface area contributed by atoms with Crippen LogP contribution in [0.5, 0.6) is 0 Å². The minimum absolute atomic E-state index is 0.0409. The average molecular weight is 252 g/mol. The summed E-state index contributed by atoms with van der Waals surface area (Å²) in [4.78, 5) is 11.8. The Morgan fingerprint density at radius 2 is 2.00 bits per heavy atom. The van der Waals surface area contributed by atoms with Gasteiger partial charge in [0, 0.05) is 12.6 Å². The molecule has 3 nitrogen and oxygen atoms in total. The molecule has 0 saturated heterocycles. The molecule has 1 atom stereocenters. The van der Waals surface area contributed by atoms with Gasteiger partial charge in [0.15, 0.2) is 0 Å². The SMILES string of the molecule is CC(C)(C)C(CN)NC(=O)Cc1ccccc1F. The number of benzene rings is 1. The smallest absolute Gasteiger partial charge is 0.224 e. The lowest BCUT2D eigenvalue weighted by Gasteiger charge is -2.30. The van der Waals surface area contributed by atoms with E-state index in [1.165, 1.54) is 6.07 Å². The number of carbonyl (C=O) groups is 1. The zero-order valence-electron chi connectivity index (χ0n) is 11.2. The third-order valence-corrected chi connectivity index (χ3v) is 2.93. The second-order valence-corrected chi connectivity index (χ2v) is 5.49. The minimum Gasteiger partial charge on any atom is -0.351 e. The van der Waals surface area contributed by atoms with Crippen LogP contribution in [0.1, 0.15) is 26.3 Å². The zero-order chi connectivity index (χ0) is 13.8. The highest BCUT2D eigenvalue weighted by Crippen LogP contribution is 2.18. The third kappa shape index (κ3) is 4.11. The van der Waals surface area contributed by atoms with Gasteiger partial charge in [-0.3, -0.25) is 4.79 Å². The van der Waals surface area contributed by atoms with Gasteiger partial charge in [0.25, 0.3) is 0 Å². The van der Waals surface area contributed by atoms with Gasteiger partial charge >= 0.3 is 0 Å². The van der Waals surface area contributed by atoms with Crippen LogP contribution in [0.15, 0.2) is 24.3 Å². The fraction of sp³-hybridized carbons (Fsp3) is 0.500. The number of nitrogens with one attached hydrogen (secondary N) is 1. The molecule has 1 aromatic rings. The largest absolute Gasteiger partial charge is 0.351 e. The van der Waals surface area contributed by atoms with Crippen LogP contribution in [-0.4, -0.2) is 18.5 Å². The van der Waals surface area contributed by atoms with Crippen LogP contribution < -0.4 is 11.1 Å². The van der Waals surface area contributed by atoms with Crippen molar-refractivity contribution in [3.8, 4) is 0 Å². The normalized spacial score (nSPS) is 13.2. The van der Waals surface area contributed by atoms with Crippen LogP contribution in [0.4, 0.5) is 4.39 Å². The van der Waals surface area contributed by atoms with Gasteiger partial charge in [-0.15, -0.1) is 0 Å². The van der Waals surface area contributed by atoms with E-state index in [0.29, 0.717) is 12.1 Å². The van der Waals surface area contributed by atoms with Crippen LogP contribution >= 0.6 is 0 Å². The number of hydrogen-bond acceptors (Lipinski definition) is 2. The van der Waals surface area contributed by atoms with Gasteiger partial charge in [-0.05, 0) is 17.0 Å². The number of rotatable bonds is 4. The second-order valence-electron chi connectivity index (χ2n) is 5.49. The molecule has 18 heavy (non-hydrogen) atoms. The van der Waals surface area contributed by atoms with Gasteiger partial charge in [0.1, 0.15) is 5.82 Å². The van der Waals surface area contributed by atoms with Crippen molar-refractivity contribution in [1.82, 2.24) is 5.32 Å². The Balaban J connectivity index is 2.65. The molecule has 0 spiro atoms. The maximum atomic E-state index is 13.4. The van der Waals surface area contributed by atoms with Crippen molar-refractivity contribution in [3.63, 3.8) is 0 Å². The van der Waals surface area contributed by atoms with Gasteiger partial charge in [0.2, 0.25) is 5.91 Å². The molecule has 0 fully saturated rings. The van der Waals surface area contributed by atoms with Gasteiger partial charge in [0.05, 0.1) is 6.42 Å². The molecule has 0 aromatic heterocycles. The number of hydrogen-bond donors (Lipinski definition) is 2. The average Bonchev–Trinajstić information content (AvgIpc) is 2.27. The molecule has 0 aliphatic rings. The van der Waals surface area contributed by atoms with E-state index in [0.717, 1.165) is 0 Å². The maximum Gasteiger partial charge on any atom is 0.224 e. The molecule has 4 heteroatoms. The van der Waals surface area contributed by atoms with Crippen LogP contribution in [0, 0.1) is 11.2 Å². The van der Waals surface area contributed by atoms with Gasteiger partial charge in [-0.25, -0.2) is 4.39 Å². The van der Waals surface area contributed by atoms with E-state index in [1.54, 1.807) is 18.2 Å². The van der Waals surface area contributed by atoms with Crippen molar-refractivity contribution in [2.24, 2.45) is 11.1 Å². The van der Waals surface area contributed by atoms with E-state index >= 15 is 0 Å². The highest BCUT2D eigenvalue weighted by atomic mass is 19.1. The first-order valence-corrected chi connectivity index (χ1v) is 6.07. The first-order chi connectivity index (χ1) is 8.34. The fourth-order valence-electron chi connectivity index (χ4n) is 1.69. The lowest BCUT2D eigenvalue weighted by Crippen LogP contribution is -2.48. The lowest BCUT2D eigenvalue weighted by molar-refractivity contribution is -0.121. The maximum absolute atomic E-state index is 13.4. The molecule has 0 heterocycles. The van der Waals surface area contributed by atoms with E-state index in [9.17, 15) is 9.18 Å². The van der Waals surface area contributed by atoms with E-state index in [2.05, 4.69) is 5.32 Å². The standard InChI is InChI=1S/C14H21FN2O/c1-14(2,3)12(9-16)17-13(18)8-10-6-4-5-7-11(10)15/h4-7,12H,8-9,16H2,1-3H3,(H,17,18). The Kier molecular flexibility index (Phi) is 4.84. The first-order valence-electron chi connectivity index (χ1n) is 6.07. The van der Waals surface area contributed by atoms with E-state index in [1.807, 2.05) is 20.8 Å². The third-order valence-electron chi connectivity index (χ3n) is 2.93. The Hall–Kier alpha value is -1.42. The number of carbonyl (C=O) groups excluding carboxylic acids is 1. The highest BCUT2D eigenvalue weighted by molar-refractivity contribution is 5.79. The first kappa shape index (κ1) is 14.6. The molecule has 1 aromatic carbocycles. The summed E-state index contributed by atoms with van der Waals surface area (Å²) in [5.74, 6) is -0.557. The Morgan fingerprint density at radius 3 is 2.50 bits per heavy atom. The number of nitrogens with two attached hydrogens (primary N) is 1. The van der Waals surface area contributed by atoms with Gasteiger partial charge < -0.3 is 11.1 Å². The van der Waals surface area contributed by atoms with Crippen molar-refractivity contribution in [3.05, 3.63) is 35.6 Å². The summed E-state index contributed by atoms with van der Waals surface area (Å²) >= 11 is 0. The summed E-state index contributed by atoms with van der Waals surface area (Å²) in [5, 5.41) is 2.85. The molecule has 1 rings (SSSR count). The molecule has 0 radical (unpaired) electrons. The molecular formula is C14H21FN2O. The topological polar surface area (TPSA) is 55.1 Å². The molecule has 0 bridgehead atoms. The quantitative estimate of drug-likeness (QED) is 0.859. The van der Waals surface area contributed by atoms with Gasteiger partial charge in [-0.1, -0.05) is 39.0 Å². The molecule has 0 saturated carbocycles. The van der Waals surface area contributed by atoms with Crippen LogP contribution in [-0.2, 0) is 11.2 Å². The molecule has 0 aliphatic heterocycles. The molecular weight excluding hydrogens is 231 g/mol. The van der Waals surface area contributed by atoms with E-state index < -0.39 is 0 Å².